The first-order chi connectivity index (χ1) is 14.0. The van der Waals surface area contributed by atoms with E-state index < -0.39 is 4.92 Å². The molecule has 4 rings (SSSR count). The van der Waals surface area contributed by atoms with Gasteiger partial charge in [-0.05, 0) is 51.8 Å². The normalized spacial score (nSPS) is 16.6. The Morgan fingerprint density at radius 1 is 1.27 bits per heavy atom. The van der Waals surface area contributed by atoms with Crippen molar-refractivity contribution in [3.8, 4) is 6.07 Å². The lowest BCUT2D eigenvalue weighted by atomic mass is 9.81. The smallest absolute Gasteiger partial charge is 0.270 e. The molecule has 0 unspecified atom stereocenters. The number of benzene rings is 1. The number of nitrogens with zero attached hydrogens (tertiary/aromatic N) is 2. The molecule has 2 aromatic heterocycles. The standard InChI is InChI=1S/C21H20N4O3S2/c1-20(2)9-13-14(10-22)19(30-17(13)21(3,4)24-20)23-18(26)16-8-11-7-12(25(27)28)5-6-15(11)29-16/h5-8,24H,9H2,1-4H3,(H,23,26). The van der Waals surface area contributed by atoms with Crippen LogP contribution in [0.15, 0.2) is 24.3 Å². The minimum atomic E-state index is -0.455. The van der Waals surface area contributed by atoms with E-state index in [-0.39, 0.29) is 22.7 Å². The third-order valence-electron chi connectivity index (χ3n) is 5.12. The third kappa shape index (κ3) is 3.47. The summed E-state index contributed by atoms with van der Waals surface area (Å²) in [6, 6.07) is 8.47. The molecule has 0 fully saturated rings. The number of hydrogen-bond donors (Lipinski definition) is 2. The Morgan fingerprint density at radius 2 is 2.00 bits per heavy atom. The molecule has 0 bridgehead atoms. The molecule has 3 aromatic rings. The zero-order chi connectivity index (χ0) is 21.8. The molecule has 1 aliphatic rings. The Morgan fingerprint density at radius 3 is 2.67 bits per heavy atom. The second kappa shape index (κ2) is 6.87. The van der Waals surface area contributed by atoms with Crippen LogP contribution in [0.3, 0.4) is 0 Å². The van der Waals surface area contributed by atoms with Crippen LogP contribution in [-0.4, -0.2) is 16.4 Å². The molecule has 30 heavy (non-hydrogen) atoms. The molecule has 0 saturated carbocycles. The number of non-ortho nitro benzene ring substituents is 1. The summed E-state index contributed by atoms with van der Waals surface area (Å²) in [6.07, 6.45) is 0.702. The fraction of sp³-hybridized carbons (Fsp3) is 0.333. The first-order valence-electron chi connectivity index (χ1n) is 9.36. The summed E-state index contributed by atoms with van der Waals surface area (Å²) >= 11 is 2.70. The van der Waals surface area contributed by atoms with Crippen molar-refractivity contribution in [3.63, 3.8) is 0 Å². The highest BCUT2D eigenvalue weighted by Crippen LogP contribution is 2.45. The van der Waals surface area contributed by atoms with Crippen molar-refractivity contribution in [2.45, 2.75) is 45.2 Å². The maximum Gasteiger partial charge on any atom is 0.270 e. The number of nitro benzene ring substituents is 1. The van der Waals surface area contributed by atoms with Crippen molar-refractivity contribution in [2.24, 2.45) is 0 Å². The summed E-state index contributed by atoms with van der Waals surface area (Å²) in [7, 11) is 0. The lowest BCUT2D eigenvalue weighted by Gasteiger charge is -2.42. The zero-order valence-electron chi connectivity index (χ0n) is 17.0. The van der Waals surface area contributed by atoms with Gasteiger partial charge in [0.25, 0.3) is 11.6 Å². The molecule has 0 aliphatic carbocycles. The predicted molar refractivity (Wildman–Crippen MR) is 119 cm³/mol. The van der Waals surface area contributed by atoms with Gasteiger partial charge in [0.05, 0.1) is 15.4 Å². The van der Waals surface area contributed by atoms with Gasteiger partial charge in [-0.3, -0.25) is 14.9 Å². The van der Waals surface area contributed by atoms with Gasteiger partial charge in [-0.2, -0.15) is 5.26 Å². The van der Waals surface area contributed by atoms with E-state index in [9.17, 15) is 20.2 Å². The van der Waals surface area contributed by atoms with Gasteiger partial charge >= 0.3 is 0 Å². The van der Waals surface area contributed by atoms with E-state index in [0.717, 1.165) is 15.1 Å². The Hall–Kier alpha value is -2.80. The number of carbonyl (C=O) groups excluding carboxylic acids is 1. The highest BCUT2D eigenvalue weighted by atomic mass is 32.1. The minimum absolute atomic E-state index is 0.0118. The van der Waals surface area contributed by atoms with Crippen LogP contribution in [0, 0.1) is 21.4 Å². The molecule has 0 saturated heterocycles. The molecule has 0 spiro atoms. The molecule has 1 amide bonds. The van der Waals surface area contributed by atoms with Gasteiger partial charge in [0.1, 0.15) is 11.1 Å². The van der Waals surface area contributed by atoms with Crippen LogP contribution in [0.25, 0.3) is 10.1 Å². The predicted octanol–water partition coefficient (Wildman–Crippen LogP) is 5.15. The van der Waals surface area contributed by atoms with E-state index in [4.69, 9.17) is 0 Å². The zero-order valence-corrected chi connectivity index (χ0v) is 18.6. The van der Waals surface area contributed by atoms with Gasteiger partial charge in [0, 0.05) is 38.2 Å². The van der Waals surface area contributed by atoms with Crippen LogP contribution in [0.4, 0.5) is 10.7 Å². The fourth-order valence-electron chi connectivity index (χ4n) is 4.15. The van der Waals surface area contributed by atoms with Crippen molar-refractivity contribution in [1.29, 1.82) is 5.26 Å². The number of rotatable bonds is 3. The maximum atomic E-state index is 12.9. The quantitative estimate of drug-likeness (QED) is 0.432. The highest BCUT2D eigenvalue weighted by molar-refractivity contribution is 7.21. The number of nitriles is 1. The molecule has 1 aromatic carbocycles. The maximum absolute atomic E-state index is 12.9. The summed E-state index contributed by atoms with van der Waals surface area (Å²) in [6.45, 7) is 8.36. The van der Waals surface area contributed by atoms with Crippen LogP contribution < -0.4 is 10.6 Å². The second-order valence-corrected chi connectivity index (χ2v) is 10.7. The largest absolute Gasteiger partial charge is 0.312 e. The Kier molecular flexibility index (Phi) is 4.69. The number of amides is 1. The second-order valence-electron chi connectivity index (χ2n) is 8.58. The van der Waals surface area contributed by atoms with Crippen LogP contribution >= 0.6 is 22.7 Å². The summed E-state index contributed by atoms with van der Waals surface area (Å²) in [5.74, 6) is -0.320. The minimum Gasteiger partial charge on any atom is -0.312 e. The number of hydrogen-bond acceptors (Lipinski definition) is 7. The molecular formula is C21H20N4O3S2. The molecule has 1 aliphatic heterocycles. The van der Waals surface area contributed by atoms with Crippen LogP contribution in [0.2, 0.25) is 0 Å². The molecule has 3 heterocycles. The summed E-state index contributed by atoms with van der Waals surface area (Å²) < 4.78 is 0.795. The number of fused-ring (bicyclic) bond motifs is 2. The Labute approximate surface area is 181 Å². The number of nitro groups is 1. The average molecular weight is 441 g/mol. The van der Waals surface area contributed by atoms with Gasteiger partial charge in [-0.25, -0.2) is 0 Å². The highest BCUT2D eigenvalue weighted by Gasteiger charge is 2.40. The Bertz CT molecular complexity index is 1250. The lowest BCUT2D eigenvalue weighted by Crippen LogP contribution is -2.54. The molecule has 2 N–H and O–H groups in total. The average Bonchev–Trinajstić information content (AvgIpc) is 3.20. The first kappa shape index (κ1) is 20.5. The molecule has 154 valence electrons. The SMILES string of the molecule is CC1(C)Cc2c(sc(NC(=O)c3cc4cc([N+](=O)[O-])ccc4s3)c2C#N)C(C)(C)N1. The van der Waals surface area contributed by atoms with Crippen molar-refractivity contribution >= 4 is 49.4 Å². The lowest BCUT2D eigenvalue weighted by molar-refractivity contribution is -0.384. The number of thiophene rings is 2. The summed E-state index contributed by atoms with van der Waals surface area (Å²) in [5, 5.41) is 28.5. The summed E-state index contributed by atoms with van der Waals surface area (Å²) in [4.78, 5) is 25.0. The monoisotopic (exact) mass is 440 g/mol. The third-order valence-corrected chi connectivity index (χ3v) is 7.70. The molecule has 0 atom stereocenters. The molecular weight excluding hydrogens is 420 g/mol. The number of anilines is 1. The van der Waals surface area contributed by atoms with Gasteiger partial charge in [0.15, 0.2) is 0 Å². The van der Waals surface area contributed by atoms with Crippen molar-refractivity contribution in [1.82, 2.24) is 5.32 Å². The van der Waals surface area contributed by atoms with Crippen molar-refractivity contribution in [2.75, 3.05) is 5.32 Å². The van der Waals surface area contributed by atoms with E-state index >= 15 is 0 Å². The van der Waals surface area contributed by atoms with E-state index in [1.54, 1.807) is 12.1 Å². The Balaban J connectivity index is 1.69. The van der Waals surface area contributed by atoms with E-state index in [2.05, 4.69) is 44.4 Å². The van der Waals surface area contributed by atoms with Crippen LogP contribution in [0.5, 0.6) is 0 Å². The first-order valence-corrected chi connectivity index (χ1v) is 11.0. The molecule has 9 heteroatoms. The molecule has 0 radical (unpaired) electrons. The van der Waals surface area contributed by atoms with Gasteiger partial charge in [0.2, 0.25) is 0 Å². The van der Waals surface area contributed by atoms with Gasteiger partial charge in [-0.1, -0.05) is 0 Å². The van der Waals surface area contributed by atoms with Crippen LogP contribution in [-0.2, 0) is 12.0 Å². The topological polar surface area (TPSA) is 108 Å². The van der Waals surface area contributed by atoms with Crippen LogP contribution in [0.1, 0.15) is 53.4 Å². The summed E-state index contributed by atoms with van der Waals surface area (Å²) in [5.41, 5.74) is 1.01. The van der Waals surface area contributed by atoms with Gasteiger partial charge in [-0.15, -0.1) is 22.7 Å². The van der Waals surface area contributed by atoms with Gasteiger partial charge < -0.3 is 10.6 Å². The van der Waals surface area contributed by atoms with E-state index in [1.807, 2.05) is 0 Å². The molecule has 7 nitrogen and oxygen atoms in total. The van der Waals surface area contributed by atoms with Crippen molar-refractivity contribution < 1.29 is 9.72 Å². The van der Waals surface area contributed by atoms with E-state index in [0.29, 0.717) is 27.2 Å². The number of nitrogens with one attached hydrogen (secondary N) is 2. The van der Waals surface area contributed by atoms with Crippen molar-refractivity contribution in [3.05, 3.63) is 55.3 Å². The van der Waals surface area contributed by atoms with E-state index in [1.165, 1.54) is 34.8 Å². The fourth-order valence-corrected chi connectivity index (χ4v) is 6.32. The number of carbonyl (C=O) groups is 1.